The maximum Gasteiger partial charge on any atom is 0.416 e. The summed E-state index contributed by atoms with van der Waals surface area (Å²) in [5, 5.41) is 4.05. The fraction of sp³-hybridized carbons (Fsp3) is 0.111. The lowest BCUT2D eigenvalue weighted by Gasteiger charge is -2.14. The fourth-order valence-corrected chi connectivity index (χ4v) is 3.67. The van der Waals surface area contributed by atoms with Crippen molar-refractivity contribution in [3.63, 3.8) is 0 Å². The summed E-state index contributed by atoms with van der Waals surface area (Å²) in [7, 11) is 0. The van der Waals surface area contributed by atoms with Crippen molar-refractivity contribution in [2.75, 3.05) is 5.32 Å². The van der Waals surface area contributed by atoms with Gasteiger partial charge in [-0.2, -0.15) is 26.3 Å². The smallest absolute Gasteiger partial charge is 0.321 e. The number of thiazole rings is 1. The lowest BCUT2D eigenvalue weighted by atomic mass is 10.1. The molecule has 0 atom stereocenters. The maximum atomic E-state index is 12.9. The molecule has 1 amide bonds. The Balaban J connectivity index is 1.91. The van der Waals surface area contributed by atoms with Crippen LogP contribution in [0.5, 0.6) is 0 Å². The summed E-state index contributed by atoms with van der Waals surface area (Å²) in [6.45, 7) is 0. The molecule has 0 aliphatic rings. The second-order valence-electron chi connectivity index (χ2n) is 5.89. The fourth-order valence-electron chi connectivity index (χ4n) is 2.39. The first kappa shape index (κ1) is 22.4. The van der Waals surface area contributed by atoms with Gasteiger partial charge in [0.1, 0.15) is 10.7 Å². The lowest BCUT2D eigenvalue weighted by molar-refractivity contribution is -0.143. The Morgan fingerprint density at radius 3 is 2.13 bits per heavy atom. The summed E-state index contributed by atoms with van der Waals surface area (Å²) in [4.78, 5) is 16.4. The molecule has 0 aliphatic heterocycles. The van der Waals surface area contributed by atoms with Gasteiger partial charge in [0.2, 0.25) is 0 Å². The van der Waals surface area contributed by atoms with Crippen LogP contribution in [-0.4, -0.2) is 10.9 Å². The SMILES string of the molecule is O=C(Nc1cc(C(F)(F)F)cc(C(F)(F)F)c1)c1csc(-c2cccc(Cl)c2Cl)n1. The number of alkyl halides is 6. The molecule has 1 aromatic heterocycles. The quantitative estimate of drug-likeness (QED) is 0.393. The van der Waals surface area contributed by atoms with E-state index >= 15 is 0 Å². The minimum atomic E-state index is -5.03. The van der Waals surface area contributed by atoms with Gasteiger partial charge in [0.15, 0.2) is 0 Å². The van der Waals surface area contributed by atoms with Gasteiger partial charge < -0.3 is 5.32 Å². The molecule has 2 aromatic carbocycles. The number of aromatic nitrogens is 1. The van der Waals surface area contributed by atoms with Crippen LogP contribution < -0.4 is 5.32 Å². The maximum absolute atomic E-state index is 12.9. The van der Waals surface area contributed by atoms with Crippen LogP contribution >= 0.6 is 34.5 Å². The molecule has 0 spiro atoms. The molecule has 3 rings (SSSR count). The van der Waals surface area contributed by atoms with Crippen molar-refractivity contribution >= 4 is 46.1 Å². The van der Waals surface area contributed by atoms with Gasteiger partial charge in [-0.3, -0.25) is 4.79 Å². The Morgan fingerprint density at radius 2 is 1.57 bits per heavy atom. The van der Waals surface area contributed by atoms with Crippen LogP contribution in [0.3, 0.4) is 0 Å². The number of carbonyl (C=O) groups is 1. The topological polar surface area (TPSA) is 42.0 Å². The van der Waals surface area contributed by atoms with E-state index in [0.29, 0.717) is 22.7 Å². The highest BCUT2D eigenvalue weighted by Gasteiger charge is 2.37. The Labute approximate surface area is 179 Å². The molecular weight excluding hydrogens is 477 g/mol. The second kappa shape index (κ2) is 8.09. The van der Waals surface area contributed by atoms with Gasteiger partial charge in [-0.1, -0.05) is 35.3 Å². The van der Waals surface area contributed by atoms with Gasteiger partial charge in [-0.15, -0.1) is 11.3 Å². The average Bonchev–Trinajstić information content (AvgIpc) is 3.12. The van der Waals surface area contributed by atoms with Crippen molar-refractivity contribution in [2.45, 2.75) is 12.4 Å². The lowest BCUT2D eigenvalue weighted by Crippen LogP contribution is -2.16. The Hall–Kier alpha value is -2.30. The summed E-state index contributed by atoms with van der Waals surface area (Å²) < 4.78 is 77.7. The summed E-state index contributed by atoms with van der Waals surface area (Å²) in [6.07, 6.45) is -10.1. The number of nitrogens with one attached hydrogen (secondary N) is 1. The van der Waals surface area contributed by atoms with Crippen LogP contribution in [-0.2, 0) is 12.4 Å². The number of nitrogens with zero attached hydrogens (tertiary/aromatic N) is 1. The molecule has 0 saturated carbocycles. The van der Waals surface area contributed by atoms with E-state index in [1.54, 1.807) is 18.2 Å². The molecular formula is C18H8Cl2F6N2OS. The van der Waals surface area contributed by atoms with E-state index in [1.165, 1.54) is 5.38 Å². The van der Waals surface area contributed by atoms with Crippen LogP contribution in [0.1, 0.15) is 21.6 Å². The van der Waals surface area contributed by atoms with Gasteiger partial charge in [0.05, 0.1) is 21.2 Å². The highest BCUT2D eigenvalue weighted by atomic mass is 35.5. The highest BCUT2D eigenvalue weighted by molar-refractivity contribution is 7.13. The Kier molecular flexibility index (Phi) is 6.03. The first-order chi connectivity index (χ1) is 13.9. The van der Waals surface area contributed by atoms with E-state index in [0.717, 1.165) is 11.3 Å². The van der Waals surface area contributed by atoms with Crippen LogP contribution in [0.4, 0.5) is 32.0 Å². The summed E-state index contributed by atoms with van der Waals surface area (Å²) in [6, 6.07) is 5.53. The average molecular weight is 485 g/mol. The molecule has 0 radical (unpaired) electrons. The minimum absolute atomic E-state index is 0.0300. The highest BCUT2D eigenvalue weighted by Crippen LogP contribution is 2.38. The summed E-state index contributed by atoms with van der Waals surface area (Å²) in [5.74, 6) is -0.983. The number of benzene rings is 2. The zero-order valence-corrected chi connectivity index (χ0v) is 16.7. The van der Waals surface area contributed by atoms with Crippen LogP contribution in [0.25, 0.3) is 10.6 Å². The molecule has 0 saturated heterocycles. The van der Waals surface area contributed by atoms with Crippen LogP contribution in [0.15, 0.2) is 41.8 Å². The minimum Gasteiger partial charge on any atom is -0.321 e. The van der Waals surface area contributed by atoms with Gasteiger partial charge >= 0.3 is 12.4 Å². The van der Waals surface area contributed by atoms with E-state index in [2.05, 4.69) is 4.98 Å². The third-order valence-electron chi connectivity index (χ3n) is 3.76. The van der Waals surface area contributed by atoms with Crippen molar-refractivity contribution in [1.82, 2.24) is 4.98 Å². The molecule has 0 bridgehead atoms. The molecule has 3 nitrogen and oxygen atoms in total. The first-order valence-electron chi connectivity index (χ1n) is 7.87. The molecule has 0 aliphatic carbocycles. The van der Waals surface area contributed by atoms with Crippen molar-refractivity contribution < 1.29 is 31.1 Å². The first-order valence-corrected chi connectivity index (χ1v) is 9.50. The van der Waals surface area contributed by atoms with Crippen molar-refractivity contribution in [3.8, 4) is 10.6 Å². The normalized spacial score (nSPS) is 12.1. The van der Waals surface area contributed by atoms with E-state index in [9.17, 15) is 31.1 Å². The molecule has 30 heavy (non-hydrogen) atoms. The van der Waals surface area contributed by atoms with Gasteiger partial charge in [0, 0.05) is 16.6 Å². The summed E-state index contributed by atoms with van der Waals surface area (Å²) >= 11 is 13.0. The molecule has 12 heteroatoms. The number of hydrogen-bond acceptors (Lipinski definition) is 3. The van der Waals surface area contributed by atoms with Gasteiger partial charge in [0.25, 0.3) is 5.91 Å². The predicted molar refractivity (Wildman–Crippen MR) is 102 cm³/mol. The third kappa shape index (κ3) is 4.88. The summed E-state index contributed by atoms with van der Waals surface area (Å²) in [5.41, 5.74) is -3.55. The largest absolute Gasteiger partial charge is 0.416 e. The van der Waals surface area contributed by atoms with Crippen molar-refractivity contribution in [3.05, 3.63) is 68.6 Å². The zero-order chi connectivity index (χ0) is 22.3. The number of anilines is 1. The molecule has 0 fully saturated rings. The Morgan fingerprint density at radius 1 is 0.967 bits per heavy atom. The number of halogens is 8. The van der Waals surface area contributed by atoms with Crippen LogP contribution in [0.2, 0.25) is 10.0 Å². The van der Waals surface area contributed by atoms with E-state index < -0.39 is 35.1 Å². The van der Waals surface area contributed by atoms with Crippen molar-refractivity contribution in [1.29, 1.82) is 0 Å². The number of rotatable bonds is 3. The van der Waals surface area contributed by atoms with Crippen LogP contribution in [0, 0.1) is 0 Å². The Bertz CT molecular complexity index is 1080. The number of amides is 1. The van der Waals surface area contributed by atoms with Gasteiger partial charge in [-0.05, 0) is 24.3 Å². The standard InChI is InChI=1S/C18H8Cl2F6N2OS/c19-12-3-1-2-11(14(12)20)16-28-13(7-30-16)15(29)27-10-5-8(17(21,22)23)4-9(6-10)18(24,25)26/h1-7H,(H,27,29). The molecule has 0 unspecified atom stereocenters. The molecule has 158 valence electrons. The van der Waals surface area contributed by atoms with Crippen molar-refractivity contribution in [2.24, 2.45) is 0 Å². The monoisotopic (exact) mass is 484 g/mol. The molecule has 1 N–H and O–H groups in total. The second-order valence-corrected chi connectivity index (χ2v) is 7.53. The molecule has 1 heterocycles. The molecule has 3 aromatic rings. The third-order valence-corrected chi connectivity index (χ3v) is 5.46. The number of carbonyl (C=O) groups excluding carboxylic acids is 1. The van der Waals surface area contributed by atoms with Gasteiger partial charge in [-0.25, -0.2) is 4.98 Å². The number of hydrogen-bond donors (Lipinski definition) is 1. The van der Waals surface area contributed by atoms with E-state index in [4.69, 9.17) is 23.2 Å². The zero-order valence-electron chi connectivity index (χ0n) is 14.3. The van der Waals surface area contributed by atoms with E-state index in [1.807, 2.05) is 5.32 Å². The van der Waals surface area contributed by atoms with E-state index in [-0.39, 0.29) is 21.8 Å². The predicted octanol–water partition coefficient (Wildman–Crippen LogP) is 7.41.